The highest BCUT2D eigenvalue weighted by Crippen LogP contribution is 2.29. The molecule has 0 amide bonds. The van der Waals surface area contributed by atoms with E-state index in [0.29, 0.717) is 10.6 Å². The van der Waals surface area contributed by atoms with E-state index in [2.05, 4.69) is 34.3 Å². The molecule has 21 heavy (non-hydrogen) atoms. The Morgan fingerprint density at radius 1 is 1.19 bits per heavy atom. The van der Waals surface area contributed by atoms with Crippen LogP contribution in [-0.2, 0) is 13.0 Å². The Bertz CT molecular complexity index is 700. The summed E-state index contributed by atoms with van der Waals surface area (Å²) in [6, 6.07) is 13.9. The standard InChI is InChI=1S/C16H16ClN3O/c17-13-5-6-15(14(9-13)16(18)19-21)20-8-7-11-3-1-2-4-12(11)10-20/h1-6,9,21H,7-8,10H2,(H2,18,19). The molecule has 0 saturated heterocycles. The molecule has 4 nitrogen and oxygen atoms in total. The molecule has 0 unspecified atom stereocenters. The van der Waals surface area contributed by atoms with Crippen LogP contribution in [0.5, 0.6) is 0 Å². The van der Waals surface area contributed by atoms with Crippen LogP contribution in [-0.4, -0.2) is 17.6 Å². The van der Waals surface area contributed by atoms with Crippen LogP contribution < -0.4 is 10.6 Å². The largest absolute Gasteiger partial charge is 0.409 e. The molecule has 3 N–H and O–H groups in total. The molecule has 1 aliphatic heterocycles. The van der Waals surface area contributed by atoms with E-state index in [1.54, 1.807) is 6.07 Å². The Labute approximate surface area is 128 Å². The van der Waals surface area contributed by atoms with Crippen molar-refractivity contribution >= 4 is 23.1 Å². The van der Waals surface area contributed by atoms with E-state index in [1.165, 1.54) is 11.1 Å². The number of hydrogen-bond donors (Lipinski definition) is 2. The van der Waals surface area contributed by atoms with Gasteiger partial charge in [-0.05, 0) is 35.7 Å². The molecule has 0 spiro atoms. The van der Waals surface area contributed by atoms with Gasteiger partial charge in [-0.2, -0.15) is 0 Å². The minimum atomic E-state index is 0.0753. The van der Waals surface area contributed by atoms with Gasteiger partial charge in [-0.1, -0.05) is 41.0 Å². The fourth-order valence-electron chi connectivity index (χ4n) is 2.74. The molecule has 0 aromatic heterocycles. The molecular weight excluding hydrogens is 286 g/mol. The molecular formula is C16H16ClN3O. The zero-order chi connectivity index (χ0) is 14.8. The van der Waals surface area contributed by atoms with Crippen LogP contribution >= 0.6 is 11.6 Å². The summed E-state index contributed by atoms with van der Waals surface area (Å²) in [4.78, 5) is 2.23. The van der Waals surface area contributed by atoms with Crippen molar-refractivity contribution in [2.24, 2.45) is 10.9 Å². The lowest BCUT2D eigenvalue weighted by atomic mass is 9.98. The number of rotatable bonds is 2. The van der Waals surface area contributed by atoms with Gasteiger partial charge in [-0.15, -0.1) is 0 Å². The first-order valence-electron chi connectivity index (χ1n) is 6.78. The van der Waals surface area contributed by atoms with Crippen molar-refractivity contribution in [3.05, 3.63) is 64.2 Å². The summed E-state index contributed by atoms with van der Waals surface area (Å²) < 4.78 is 0. The van der Waals surface area contributed by atoms with Gasteiger partial charge in [-0.3, -0.25) is 0 Å². The van der Waals surface area contributed by atoms with Gasteiger partial charge in [0.25, 0.3) is 0 Å². The highest BCUT2D eigenvalue weighted by atomic mass is 35.5. The SMILES string of the molecule is NC(=NO)c1cc(Cl)ccc1N1CCc2ccccc2C1. The average Bonchev–Trinajstić information content (AvgIpc) is 2.53. The maximum atomic E-state index is 8.96. The van der Waals surface area contributed by atoms with Gasteiger partial charge in [0, 0.05) is 29.4 Å². The van der Waals surface area contributed by atoms with Crippen molar-refractivity contribution in [1.82, 2.24) is 0 Å². The molecule has 0 saturated carbocycles. The van der Waals surface area contributed by atoms with Crippen molar-refractivity contribution in [1.29, 1.82) is 0 Å². The molecule has 5 heteroatoms. The lowest BCUT2D eigenvalue weighted by Crippen LogP contribution is -2.32. The summed E-state index contributed by atoms with van der Waals surface area (Å²) in [5, 5.41) is 12.6. The van der Waals surface area contributed by atoms with Gasteiger partial charge in [0.05, 0.1) is 0 Å². The Morgan fingerprint density at radius 2 is 1.95 bits per heavy atom. The quantitative estimate of drug-likeness (QED) is 0.388. The summed E-state index contributed by atoms with van der Waals surface area (Å²) in [5.41, 5.74) is 10.1. The van der Waals surface area contributed by atoms with Crippen molar-refractivity contribution in [2.75, 3.05) is 11.4 Å². The number of nitrogens with two attached hydrogens (primary N) is 1. The molecule has 1 heterocycles. The lowest BCUT2D eigenvalue weighted by molar-refractivity contribution is 0.318. The van der Waals surface area contributed by atoms with E-state index in [1.807, 2.05) is 12.1 Å². The summed E-state index contributed by atoms with van der Waals surface area (Å²) in [5.74, 6) is 0.0753. The number of halogens is 1. The molecule has 1 aliphatic rings. The highest BCUT2D eigenvalue weighted by molar-refractivity contribution is 6.31. The smallest absolute Gasteiger partial charge is 0.172 e. The predicted octanol–water partition coefficient (Wildman–Crippen LogP) is 3.00. The Morgan fingerprint density at radius 3 is 2.71 bits per heavy atom. The summed E-state index contributed by atoms with van der Waals surface area (Å²) in [6.45, 7) is 1.70. The van der Waals surface area contributed by atoms with Crippen LogP contribution in [0.1, 0.15) is 16.7 Å². The van der Waals surface area contributed by atoms with Gasteiger partial charge in [0.2, 0.25) is 0 Å². The molecule has 0 bridgehead atoms. The number of fused-ring (bicyclic) bond motifs is 1. The number of anilines is 1. The van der Waals surface area contributed by atoms with Gasteiger partial charge in [0.15, 0.2) is 5.84 Å². The number of amidine groups is 1. The monoisotopic (exact) mass is 301 g/mol. The number of oxime groups is 1. The van der Waals surface area contributed by atoms with E-state index >= 15 is 0 Å². The molecule has 2 aromatic carbocycles. The minimum Gasteiger partial charge on any atom is -0.409 e. The van der Waals surface area contributed by atoms with Crippen LogP contribution in [0.3, 0.4) is 0 Å². The average molecular weight is 302 g/mol. The second-order valence-electron chi connectivity index (χ2n) is 5.09. The number of benzene rings is 2. The zero-order valence-electron chi connectivity index (χ0n) is 11.5. The summed E-state index contributed by atoms with van der Waals surface area (Å²) >= 11 is 6.03. The van der Waals surface area contributed by atoms with E-state index in [0.717, 1.165) is 25.2 Å². The topological polar surface area (TPSA) is 61.9 Å². The third kappa shape index (κ3) is 2.67. The van der Waals surface area contributed by atoms with Crippen molar-refractivity contribution in [2.45, 2.75) is 13.0 Å². The van der Waals surface area contributed by atoms with Crippen LogP contribution in [0.2, 0.25) is 5.02 Å². The van der Waals surface area contributed by atoms with Gasteiger partial charge >= 0.3 is 0 Å². The molecule has 0 atom stereocenters. The van der Waals surface area contributed by atoms with Crippen LogP contribution in [0.15, 0.2) is 47.6 Å². The maximum Gasteiger partial charge on any atom is 0.172 e. The first kappa shape index (κ1) is 13.8. The molecule has 108 valence electrons. The molecule has 3 rings (SSSR count). The fourth-order valence-corrected chi connectivity index (χ4v) is 2.92. The Balaban J connectivity index is 1.99. The molecule has 2 aromatic rings. The second kappa shape index (κ2) is 5.66. The van der Waals surface area contributed by atoms with Crippen molar-refractivity contribution in [3.8, 4) is 0 Å². The highest BCUT2D eigenvalue weighted by Gasteiger charge is 2.20. The first-order valence-corrected chi connectivity index (χ1v) is 7.16. The van der Waals surface area contributed by atoms with Crippen LogP contribution in [0.25, 0.3) is 0 Å². The predicted molar refractivity (Wildman–Crippen MR) is 85.2 cm³/mol. The van der Waals surface area contributed by atoms with E-state index in [4.69, 9.17) is 22.5 Å². The summed E-state index contributed by atoms with van der Waals surface area (Å²) in [7, 11) is 0. The van der Waals surface area contributed by atoms with E-state index < -0.39 is 0 Å². The number of hydrogen-bond acceptors (Lipinski definition) is 3. The zero-order valence-corrected chi connectivity index (χ0v) is 12.2. The Kier molecular flexibility index (Phi) is 3.71. The maximum absolute atomic E-state index is 8.96. The van der Waals surface area contributed by atoms with Crippen molar-refractivity contribution in [3.63, 3.8) is 0 Å². The summed E-state index contributed by atoms with van der Waals surface area (Å²) in [6.07, 6.45) is 0.981. The van der Waals surface area contributed by atoms with E-state index in [-0.39, 0.29) is 5.84 Å². The first-order chi connectivity index (χ1) is 10.2. The molecule has 0 radical (unpaired) electrons. The Hall–Kier alpha value is -2.20. The van der Waals surface area contributed by atoms with Crippen molar-refractivity contribution < 1.29 is 5.21 Å². The van der Waals surface area contributed by atoms with Gasteiger partial charge < -0.3 is 15.8 Å². The minimum absolute atomic E-state index is 0.0753. The fraction of sp³-hybridized carbons (Fsp3) is 0.188. The third-order valence-electron chi connectivity index (χ3n) is 3.81. The third-order valence-corrected chi connectivity index (χ3v) is 4.05. The molecule has 0 aliphatic carbocycles. The molecule has 0 fully saturated rings. The normalized spacial score (nSPS) is 14.9. The van der Waals surface area contributed by atoms with Crippen LogP contribution in [0, 0.1) is 0 Å². The second-order valence-corrected chi connectivity index (χ2v) is 5.52. The van der Waals surface area contributed by atoms with E-state index in [9.17, 15) is 0 Å². The number of nitrogens with zero attached hydrogens (tertiary/aromatic N) is 2. The van der Waals surface area contributed by atoms with Gasteiger partial charge in [-0.25, -0.2) is 0 Å². The van der Waals surface area contributed by atoms with Gasteiger partial charge in [0.1, 0.15) is 0 Å². The van der Waals surface area contributed by atoms with Crippen LogP contribution in [0.4, 0.5) is 5.69 Å². The lowest BCUT2D eigenvalue weighted by Gasteiger charge is -2.32.